The normalized spacial score (nSPS) is 22.0. The van der Waals surface area contributed by atoms with Gasteiger partial charge in [0.25, 0.3) is 0 Å². The van der Waals surface area contributed by atoms with Crippen LogP contribution in [-0.2, 0) is 20.9 Å². The van der Waals surface area contributed by atoms with Crippen LogP contribution in [0.1, 0.15) is 6.92 Å². The average Bonchev–Trinajstić information content (AvgIpc) is 2.90. The van der Waals surface area contributed by atoms with E-state index in [9.17, 15) is 9.59 Å². The molecular formula is C15H17N3O4. The van der Waals surface area contributed by atoms with Crippen LogP contribution in [0.5, 0.6) is 0 Å². The Kier molecular flexibility index (Phi) is 3.81. The Balaban J connectivity index is 1.75. The lowest BCUT2D eigenvalue weighted by molar-refractivity contribution is -0.166. The van der Waals surface area contributed by atoms with Gasteiger partial charge in [0, 0.05) is 11.9 Å². The number of nitrogens with zero attached hydrogens (tertiary/aromatic N) is 3. The van der Waals surface area contributed by atoms with Crippen molar-refractivity contribution < 1.29 is 19.4 Å². The van der Waals surface area contributed by atoms with Crippen LogP contribution in [0.25, 0.3) is 10.9 Å². The highest BCUT2D eigenvalue weighted by Gasteiger charge is 2.32. The number of aromatic nitrogens is 2. The third-order valence-corrected chi connectivity index (χ3v) is 3.72. The van der Waals surface area contributed by atoms with Crippen molar-refractivity contribution in [1.82, 2.24) is 14.7 Å². The molecule has 1 unspecified atom stereocenters. The Morgan fingerprint density at radius 1 is 1.36 bits per heavy atom. The third kappa shape index (κ3) is 2.80. The lowest BCUT2D eigenvalue weighted by Gasteiger charge is -2.34. The number of fused-ring (bicyclic) bond motifs is 1. The monoisotopic (exact) mass is 303 g/mol. The molecule has 1 fully saturated rings. The highest BCUT2D eigenvalue weighted by molar-refractivity contribution is 5.82. The number of ether oxygens (including phenoxy) is 1. The van der Waals surface area contributed by atoms with Crippen molar-refractivity contribution in [2.75, 3.05) is 13.1 Å². The second kappa shape index (κ2) is 5.76. The Morgan fingerprint density at radius 2 is 2.14 bits per heavy atom. The molecule has 1 amide bonds. The van der Waals surface area contributed by atoms with Crippen molar-refractivity contribution in [2.24, 2.45) is 0 Å². The molecule has 22 heavy (non-hydrogen) atoms. The first-order chi connectivity index (χ1) is 10.5. The summed E-state index contributed by atoms with van der Waals surface area (Å²) in [5.74, 6) is -1.20. The molecule has 7 heteroatoms. The van der Waals surface area contributed by atoms with E-state index in [2.05, 4.69) is 5.10 Å². The third-order valence-electron chi connectivity index (χ3n) is 3.72. The van der Waals surface area contributed by atoms with E-state index in [-0.39, 0.29) is 25.1 Å². The van der Waals surface area contributed by atoms with Gasteiger partial charge in [-0.2, -0.15) is 5.10 Å². The first kappa shape index (κ1) is 14.5. The van der Waals surface area contributed by atoms with Gasteiger partial charge in [-0.25, -0.2) is 4.79 Å². The highest BCUT2D eigenvalue weighted by Crippen LogP contribution is 2.15. The quantitative estimate of drug-likeness (QED) is 0.904. The minimum absolute atomic E-state index is 0.0672. The minimum Gasteiger partial charge on any atom is -0.479 e. The maximum absolute atomic E-state index is 12.4. The van der Waals surface area contributed by atoms with E-state index in [1.165, 1.54) is 4.90 Å². The van der Waals surface area contributed by atoms with Crippen molar-refractivity contribution in [3.8, 4) is 0 Å². The second-order valence-electron chi connectivity index (χ2n) is 5.43. The van der Waals surface area contributed by atoms with E-state index < -0.39 is 12.1 Å². The summed E-state index contributed by atoms with van der Waals surface area (Å²) in [5, 5.41) is 14.3. The van der Waals surface area contributed by atoms with Gasteiger partial charge in [-0.05, 0) is 13.0 Å². The van der Waals surface area contributed by atoms with Crippen LogP contribution < -0.4 is 0 Å². The van der Waals surface area contributed by atoms with Crippen LogP contribution in [0.2, 0.25) is 0 Å². The first-order valence-electron chi connectivity index (χ1n) is 7.11. The molecule has 1 aromatic heterocycles. The van der Waals surface area contributed by atoms with Crippen LogP contribution in [0.4, 0.5) is 0 Å². The van der Waals surface area contributed by atoms with E-state index >= 15 is 0 Å². The van der Waals surface area contributed by atoms with Crippen LogP contribution in [0, 0.1) is 0 Å². The summed E-state index contributed by atoms with van der Waals surface area (Å²) >= 11 is 0. The fourth-order valence-corrected chi connectivity index (χ4v) is 2.67. The number of hydrogen-bond acceptors (Lipinski definition) is 4. The molecule has 3 rings (SSSR count). The van der Waals surface area contributed by atoms with Crippen molar-refractivity contribution in [3.05, 3.63) is 30.5 Å². The lowest BCUT2D eigenvalue weighted by Crippen LogP contribution is -2.52. The molecule has 1 N–H and O–H groups in total. The van der Waals surface area contributed by atoms with Gasteiger partial charge in [0.1, 0.15) is 6.54 Å². The van der Waals surface area contributed by atoms with E-state index in [4.69, 9.17) is 9.84 Å². The van der Waals surface area contributed by atoms with Crippen molar-refractivity contribution in [1.29, 1.82) is 0 Å². The Morgan fingerprint density at radius 3 is 2.91 bits per heavy atom. The topological polar surface area (TPSA) is 84.7 Å². The summed E-state index contributed by atoms with van der Waals surface area (Å²) in [6.07, 6.45) is 0.445. The van der Waals surface area contributed by atoms with Gasteiger partial charge in [0.05, 0.1) is 24.4 Å². The SMILES string of the molecule is C[C@@H]1CN(C(=O)Cn2ncc3ccccc32)CC(C(=O)O)O1. The number of carboxylic acids is 1. The second-order valence-corrected chi connectivity index (χ2v) is 5.43. The van der Waals surface area contributed by atoms with E-state index in [1.54, 1.807) is 17.8 Å². The summed E-state index contributed by atoms with van der Waals surface area (Å²) in [6, 6.07) is 7.64. The van der Waals surface area contributed by atoms with Gasteiger partial charge >= 0.3 is 5.97 Å². The van der Waals surface area contributed by atoms with E-state index in [1.807, 2.05) is 24.3 Å². The smallest absolute Gasteiger partial charge is 0.334 e. The van der Waals surface area contributed by atoms with E-state index in [0.717, 1.165) is 10.9 Å². The molecule has 0 spiro atoms. The number of benzene rings is 1. The lowest BCUT2D eigenvalue weighted by atomic mass is 10.2. The molecule has 0 bridgehead atoms. The largest absolute Gasteiger partial charge is 0.479 e. The van der Waals surface area contributed by atoms with Crippen molar-refractivity contribution in [2.45, 2.75) is 25.7 Å². The molecule has 2 atom stereocenters. The van der Waals surface area contributed by atoms with Gasteiger partial charge in [-0.15, -0.1) is 0 Å². The zero-order chi connectivity index (χ0) is 15.7. The molecule has 0 aliphatic carbocycles. The zero-order valence-electron chi connectivity index (χ0n) is 12.2. The van der Waals surface area contributed by atoms with Gasteiger partial charge in [0.2, 0.25) is 5.91 Å². The average molecular weight is 303 g/mol. The van der Waals surface area contributed by atoms with Crippen molar-refractivity contribution >= 4 is 22.8 Å². The highest BCUT2D eigenvalue weighted by atomic mass is 16.5. The summed E-state index contributed by atoms with van der Waals surface area (Å²) in [4.78, 5) is 25.0. The molecule has 2 aromatic rings. The molecule has 1 aliphatic rings. The number of morpholine rings is 1. The number of carboxylic acid groups (broad SMARTS) is 1. The fraction of sp³-hybridized carbons (Fsp3) is 0.400. The number of carbonyl (C=O) groups excluding carboxylic acids is 1. The summed E-state index contributed by atoms with van der Waals surface area (Å²) in [5.41, 5.74) is 0.881. The predicted octanol–water partition coefficient (Wildman–Crippen LogP) is 0.737. The zero-order valence-corrected chi connectivity index (χ0v) is 12.2. The molecule has 2 heterocycles. The summed E-state index contributed by atoms with van der Waals surface area (Å²) in [7, 11) is 0. The number of para-hydroxylation sites is 1. The number of amides is 1. The molecular weight excluding hydrogens is 286 g/mol. The summed E-state index contributed by atoms with van der Waals surface area (Å²) < 4.78 is 6.95. The number of rotatable bonds is 3. The van der Waals surface area contributed by atoms with Crippen LogP contribution in [0.3, 0.4) is 0 Å². The van der Waals surface area contributed by atoms with Crippen LogP contribution >= 0.6 is 0 Å². The van der Waals surface area contributed by atoms with Crippen molar-refractivity contribution in [3.63, 3.8) is 0 Å². The summed E-state index contributed by atoms with van der Waals surface area (Å²) in [6.45, 7) is 2.31. The van der Waals surface area contributed by atoms with Crippen LogP contribution in [-0.4, -0.2) is 57.0 Å². The van der Waals surface area contributed by atoms with Gasteiger partial charge < -0.3 is 14.7 Å². The Labute approximate surface area is 127 Å². The molecule has 1 aromatic carbocycles. The molecule has 1 saturated heterocycles. The van der Waals surface area contributed by atoms with Gasteiger partial charge in [-0.3, -0.25) is 9.48 Å². The van der Waals surface area contributed by atoms with E-state index in [0.29, 0.717) is 6.54 Å². The van der Waals surface area contributed by atoms with Crippen LogP contribution in [0.15, 0.2) is 30.5 Å². The Bertz CT molecular complexity index is 712. The maximum Gasteiger partial charge on any atom is 0.334 e. The van der Waals surface area contributed by atoms with Gasteiger partial charge in [0.15, 0.2) is 6.10 Å². The minimum atomic E-state index is -1.05. The first-order valence-corrected chi connectivity index (χ1v) is 7.11. The fourth-order valence-electron chi connectivity index (χ4n) is 2.67. The molecule has 116 valence electrons. The predicted molar refractivity (Wildman–Crippen MR) is 78.3 cm³/mol. The number of hydrogen-bond donors (Lipinski definition) is 1. The molecule has 7 nitrogen and oxygen atoms in total. The van der Waals surface area contributed by atoms with Gasteiger partial charge in [-0.1, -0.05) is 18.2 Å². The number of aliphatic carboxylic acids is 1. The molecule has 0 radical (unpaired) electrons. The number of carbonyl (C=O) groups is 2. The Hall–Kier alpha value is -2.41. The molecule has 1 aliphatic heterocycles. The maximum atomic E-state index is 12.4. The standard InChI is InChI=1S/C15H17N3O4/c1-10-7-17(8-13(22-10)15(20)21)14(19)9-18-12-5-3-2-4-11(12)6-16-18/h2-6,10,13H,7-9H2,1H3,(H,20,21)/t10-,13?/m1/s1. The molecule has 0 saturated carbocycles.